The third-order valence-electron chi connectivity index (χ3n) is 2.96. The second-order valence-electron chi connectivity index (χ2n) is 4.53. The number of carbonyl (C=O) groups excluding carboxylic acids is 1. The number of amides is 1. The zero-order valence-corrected chi connectivity index (χ0v) is 11.8. The summed E-state index contributed by atoms with van der Waals surface area (Å²) in [7, 11) is 1.67. The molecular weight excluding hydrogens is 248 g/mol. The molecule has 1 fully saturated rings. The molecule has 1 aliphatic rings. The average Bonchev–Trinajstić information content (AvgIpc) is 2.44. The lowest BCUT2D eigenvalue weighted by Gasteiger charge is -2.22. The van der Waals surface area contributed by atoms with Crippen LogP contribution in [0.15, 0.2) is 0 Å². The molecule has 1 saturated heterocycles. The molecule has 1 rings (SSSR count). The maximum Gasteiger partial charge on any atom is 0.222 e. The van der Waals surface area contributed by atoms with E-state index in [4.69, 9.17) is 14.2 Å². The molecule has 0 aromatic carbocycles. The van der Waals surface area contributed by atoms with Crippen LogP contribution in [0.5, 0.6) is 0 Å². The van der Waals surface area contributed by atoms with Gasteiger partial charge in [-0.2, -0.15) is 0 Å². The van der Waals surface area contributed by atoms with Gasteiger partial charge in [0.05, 0.1) is 19.3 Å². The van der Waals surface area contributed by atoms with Gasteiger partial charge >= 0.3 is 0 Å². The van der Waals surface area contributed by atoms with Gasteiger partial charge in [-0.1, -0.05) is 0 Å². The monoisotopic (exact) mass is 274 g/mol. The normalized spacial score (nSPS) is 16.5. The van der Waals surface area contributed by atoms with Gasteiger partial charge in [-0.25, -0.2) is 0 Å². The summed E-state index contributed by atoms with van der Waals surface area (Å²) < 4.78 is 15.8. The minimum atomic E-state index is 0.0422. The Kier molecular flexibility index (Phi) is 9.61. The molecule has 0 saturated carbocycles. The number of ether oxygens (including phenoxy) is 3. The van der Waals surface area contributed by atoms with Crippen molar-refractivity contribution in [2.24, 2.45) is 0 Å². The SMILES string of the molecule is COCCNCCNC(=O)CCOC1CCOCC1. The topological polar surface area (TPSA) is 68.8 Å². The van der Waals surface area contributed by atoms with Crippen LogP contribution in [0.25, 0.3) is 0 Å². The summed E-state index contributed by atoms with van der Waals surface area (Å²) in [6.07, 6.45) is 2.56. The second kappa shape index (κ2) is 11.2. The lowest BCUT2D eigenvalue weighted by molar-refractivity contribution is -0.123. The largest absolute Gasteiger partial charge is 0.383 e. The summed E-state index contributed by atoms with van der Waals surface area (Å²) in [5, 5.41) is 6.01. The predicted octanol–water partition coefficient (Wildman–Crippen LogP) is -0.0757. The van der Waals surface area contributed by atoms with Gasteiger partial charge in [-0.15, -0.1) is 0 Å². The molecule has 1 aliphatic heterocycles. The molecule has 2 N–H and O–H groups in total. The first kappa shape index (κ1) is 16.4. The molecule has 1 amide bonds. The summed E-state index contributed by atoms with van der Waals surface area (Å²) in [6.45, 7) is 4.92. The Morgan fingerprint density at radius 3 is 2.74 bits per heavy atom. The van der Waals surface area contributed by atoms with Crippen molar-refractivity contribution in [3.05, 3.63) is 0 Å². The number of rotatable bonds is 10. The van der Waals surface area contributed by atoms with E-state index in [0.717, 1.165) is 39.1 Å². The molecule has 1 heterocycles. The quantitative estimate of drug-likeness (QED) is 0.546. The number of nitrogens with one attached hydrogen (secondary N) is 2. The molecule has 0 aromatic heterocycles. The molecule has 112 valence electrons. The minimum Gasteiger partial charge on any atom is -0.383 e. The zero-order chi connectivity index (χ0) is 13.8. The Hall–Kier alpha value is -0.690. The van der Waals surface area contributed by atoms with Crippen molar-refractivity contribution in [2.45, 2.75) is 25.4 Å². The minimum absolute atomic E-state index is 0.0422. The number of carbonyl (C=O) groups is 1. The molecule has 0 aliphatic carbocycles. The average molecular weight is 274 g/mol. The van der Waals surface area contributed by atoms with Gasteiger partial charge in [0.2, 0.25) is 5.91 Å². The highest BCUT2D eigenvalue weighted by Gasteiger charge is 2.14. The van der Waals surface area contributed by atoms with E-state index < -0.39 is 0 Å². The smallest absolute Gasteiger partial charge is 0.222 e. The van der Waals surface area contributed by atoms with Crippen molar-refractivity contribution >= 4 is 5.91 Å². The Bertz CT molecular complexity index is 233. The van der Waals surface area contributed by atoms with Crippen LogP contribution in [-0.2, 0) is 19.0 Å². The first-order chi connectivity index (χ1) is 9.33. The van der Waals surface area contributed by atoms with Crippen LogP contribution in [0.4, 0.5) is 0 Å². The van der Waals surface area contributed by atoms with Crippen LogP contribution >= 0.6 is 0 Å². The molecular formula is C13H26N2O4. The molecule has 0 spiro atoms. The van der Waals surface area contributed by atoms with Crippen LogP contribution in [0.3, 0.4) is 0 Å². The first-order valence-electron chi connectivity index (χ1n) is 6.98. The molecule has 6 heteroatoms. The Morgan fingerprint density at radius 1 is 1.21 bits per heavy atom. The fourth-order valence-corrected chi connectivity index (χ4v) is 1.84. The van der Waals surface area contributed by atoms with E-state index in [2.05, 4.69) is 10.6 Å². The molecule has 19 heavy (non-hydrogen) atoms. The van der Waals surface area contributed by atoms with E-state index >= 15 is 0 Å². The van der Waals surface area contributed by atoms with E-state index in [0.29, 0.717) is 26.2 Å². The zero-order valence-electron chi connectivity index (χ0n) is 11.8. The fraction of sp³-hybridized carbons (Fsp3) is 0.923. The third kappa shape index (κ3) is 8.93. The predicted molar refractivity (Wildman–Crippen MR) is 72.2 cm³/mol. The van der Waals surface area contributed by atoms with Crippen LogP contribution < -0.4 is 10.6 Å². The maximum atomic E-state index is 11.5. The van der Waals surface area contributed by atoms with E-state index in [-0.39, 0.29) is 12.0 Å². The highest BCUT2D eigenvalue weighted by atomic mass is 16.5. The molecule has 0 unspecified atom stereocenters. The van der Waals surface area contributed by atoms with Gasteiger partial charge in [0.1, 0.15) is 0 Å². The van der Waals surface area contributed by atoms with Crippen molar-refractivity contribution in [3.63, 3.8) is 0 Å². The van der Waals surface area contributed by atoms with Crippen LogP contribution in [0, 0.1) is 0 Å². The fourth-order valence-electron chi connectivity index (χ4n) is 1.84. The lowest BCUT2D eigenvalue weighted by atomic mass is 10.1. The van der Waals surface area contributed by atoms with Crippen molar-refractivity contribution in [2.75, 3.05) is 53.2 Å². The first-order valence-corrected chi connectivity index (χ1v) is 6.98. The van der Waals surface area contributed by atoms with Gasteiger partial charge in [0, 0.05) is 46.4 Å². The Balaban J connectivity index is 1.87. The molecule has 0 bridgehead atoms. The number of hydrogen-bond donors (Lipinski definition) is 2. The van der Waals surface area contributed by atoms with Gasteiger partial charge < -0.3 is 24.8 Å². The number of methoxy groups -OCH3 is 1. The summed E-state index contributed by atoms with van der Waals surface area (Å²) in [5.41, 5.74) is 0. The van der Waals surface area contributed by atoms with Crippen LogP contribution in [0.1, 0.15) is 19.3 Å². The summed E-state index contributed by atoms with van der Waals surface area (Å²) >= 11 is 0. The lowest BCUT2D eigenvalue weighted by Crippen LogP contribution is -2.34. The van der Waals surface area contributed by atoms with Crippen molar-refractivity contribution < 1.29 is 19.0 Å². The highest BCUT2D eigenvalue weighted by Crippen LogP contribution is 2.10. The molecule has 0 radical (unpaired) electrons. The molecule has 6 nitrogen and oxygen atoms in total. The van der Waals surface area contributed by atoms with E-state index in [1.165, 1.54) is 0 Å². The van der Waals surface area contributed by atoms with Crippen molar-refractivity contribution in [3.8, 4) is 0 Å². The van der Waals surface area contributed by atoms with E-state index in [1.54, 1.807) is 7.11 Å². The summed E-state index contributed by atoms with van der Waals surface area (Å²) in [5.74, 6) is 0.0422. The van der Waals surface area contributed by atoms with Gasteiger partial charge in [-0.05, 0) is 12.8 Å². The van der Waals surface area contributed by atoms with Gasteiger partial charge in [-0.3, -0.25) is 4.79 Å². The Morgan fingerprint density at radius 2 is 2.00 bits per heavy atom. The molecule has 0 aromatic rings. The summed E-state index contributed by atoms with van der Waals surface area (Å²) in [6, 6.07) is 0. The van der Waals surface area contributed by atoms with Crippen molar-refractivity contribution in [1.82, 2.24) is 10.6 Å². The van der Waals surface area contributed by atoms with Crippen LogP contribution in [-0.4, -0.2) is 65.2 Å². The second-order valence-corrected chi connectivity index (χ2v) is 4.53. The molecule has 0 atom stereocenters. The standard InChI is InChI=1S/C13H26N2O4/c1-17-11-7-14-5-6-15-13(16)4-10-19-12-2-8-18-9-3-12/h12,14H,2-11H2,1H3,(H,15,16). The van der Waals surface area contributed by atoms with Gasteiger partial charge in [0.15, 0.2) is 0 Å². The third-order valence-corrected chi connectivity index (χ3v) is 2.96. The van der Waals surface area contributed by atoms with Crippen LogP contribution in [0.2, 0.25) is 0 Å². The Labute approximate surface area is 115 Å². The van der Waals surface area contributed by atoms with Crippen molar-refractivity contribution in [1.29, 1.82) is 0 Å². The maximum absolute atomic E-state index is 11.5. The van der Waals surface area contributed by atoms with E-state index in [9.17, 15) is 4.79 Å². The highest BCUT2D eigenvalue weighted by molar-refractivity contribution is 5.75. The van der Waals surface area contributed by atoms with E-state index in [1.807, 2.05) is 0 Å². The summed E-state index contributed by atoms with van der Waals surface area (Å²) in [4.78, 5) is 11.5. The number of hydrogen-bond acceptors (Lipinski definition) is 5. The van der Waals surface area contributed by atoms with Gasteiger partial charge in [0.25, 0.3) is 0 Å².